The van der Waals surface area contributed by atoms with E-state index in [4.69, 9.17) is 11.6 Å². The fourth-order valence-corrected chi connectivity index (χ4v) is 1.67. The summed E-state index contributed by atoms with van der Waals surface area (Å²) in [6, 6.07) is 5.39. The van der Waals surface area contributed by atoms with Crippen LogP contribution in [0.25, 0.3) is 0 Å². The molecule has 0 unspecified atom stereocenters. The smallest absolute Gasteiger partial charge is 0.230 e. The zero-order chi connectivity index (χ0) is 13.0. The fraction of sp³-hybridized carbons (Fsp3) is 0.154. The molecule has 0 spiro atoms. The second kappa shape index (κ2) is 5.60. The van der Waals surface area contributed by atoms with Crippen molar-refractivity contribution in [3.05, 3.63) is 53.1 Å². The van der Waals surface area contributed by atoms with E-state index in [0.717, 1.165) is 11.3 Å². The normalized spacial score (nSPS) is 10.1. The van der Waals surface area contributed by atoms with Gasteiger partial charge in [0.2, 0.25) is 5.91 Å². The maximum absolute atomic E-state index is 11.8. The van der Waals surface area contributed by atoms with Crippen LogP contribution in [-0.4, -0.2) is 15.9 Å². The highest BCUT2D eigenvalue weighted by molar-refractivity contribution is 6.33. The van der Waals surface area contributed by atoms with Crippen LogP contribution >= 0.6 is 11.6 Å². The van der Waals surface area contributed by atoms with Gasteiger partial charge in [-0.2, -0.15) is 0 Å². The van der Waals surface area contributed by atoms with Crippen LogP contribution in [0.4, 0.5) is 5.69 Å². The average molecular weight is 262 g/mol. The molecular weight excluding hydrogens is 250 g/mol. The van der Waals surface area contributed by atoms with Crippen LogP contribution in [0, 0.1) is 6.92 Å². The summed E-state index contributed by atoms with van der Waals surface area (Å²) in [5, 5.41) is 3.18. The molecular formula is C13H12ClN3O. The number of anilines is 1. The largest absolute Gasteiger partial charge is 0.323 e. The zero-order valence-electron chi connectivity index (χ0n) is 9.85. The standard InChI is InChI=1S/C13H12ClN3O/c1-9-3-2-5-16-11(9)7-13(18)17-12-8-15-6-4-10(12)14/h2-6,8H,7H2,1H3,(H,17,18). The van der Waals surface area contributed by atoms with Gasteiger partial charge in [0.25, 0.3) is 0 Å². The first-order valence-corrected chi connectivity index (χ1v) is 5.84. The second-order valence-electron chi connectivity index (χ2n) is 3.85. The van der Waals surface area contributed by atoms with Gasteiger partial charge in [-0.15, -0.1) is 0 Å². The maximum Gasteiger partial charge on any atom is 0.230 e. The lowest BCUT2D eigenvalue weighted by atomic mass is 10.1. The summed E-state index contributed by atoms with van der Waals surface area (Å²) in [6.07, 6.45) is 4.98. The number of pyridine rings is 2. The number of amides is 1. The number of nitrogens with zero attached hydrogens (tertiary/aromatic N) is 2. The molecule has 0 saturated heterocycles. The van der Waals surface area contributed by atoms with E-state index in [9.17, 15) is 4.79 Å². The van der Waals surface area contributed by atoms with E-state index in [2.05, 4.69) is 15.3 Å². The van der Waals surface area contributed by atoms with Crippen LogP contribution in [-0.2, 0) is 11.2 Å². The van der Waals surface area contributed by atoms with E-state index in [-0.39, 0.29) is 12.3 Å². The van der Waals surface area contributed by atoms with Gasteiger partial charge < -0.3 is 5.32 Å². The third kappa shape index (κ3) is 3.05. The van der Waals surface area contributed by atoms with Crippen LogP contribution in [0.2, 0.25) is 5.02 Å². The highest BCUT2D eigenvalue weighted by Gasteiger charge is 2.09. The predicted molar refractivity (Wildman–Crippen MR) is 70.6 cm³/mol. The maximum atomic E-state index is 11.8. The predicted octanol–water partition coefficient (Wildman–Crippen LogP) is 2.62. The van der Waals surface area contributed by atoms with Crippen LogP contribution in [0.3, 0.4) is 0 Å². The van der Waals surface area contributed by atoms with Crippen LogP contribution < -0.4 is 5.32 Å². The molecule has 92 valence electrons. The van der Waals surface area contributed by atoms with Crippen molar-refractivity contribution in [1.29, 1.82) is 0 Å². The molecule has 0 aliphatic rings. The monoisotopic (exact) mass is 261 g/mol. The van der Waals surface area contributed by atoms with Crippen LogP contribution in [0.5, 0.6) is 0 Å². The Bertz CT molecular complexity index is 522. The Hall–Kier alpha value is -1.94. The van der Waals surface area contributed by atoms with Crippen molar-refractivity contribution < 1.29 is 4.79 Å². The van der Waals surface area contributed by atoms with E-state index < -0.39 is 0 Å². The van der Waals surface area contributed by atoms with Crippen LogP contribution in [0.1, 0.15) is 11.3 Å². The van der Waals surface area contributed by atoms with Gasteiger partial charge in [0.15, 0.2) is 0 Å². The van der Waals surface area contributed by atoms with Gasteiger partial charge in [0.1, 0.15) is 0 Å². The lowest BCUT2D eigenvalue weighted by Gasteiger charge is -2.07. The SMILES string of the molecule is Cc1cccnc1CC(=O)Nc1cnccc1Cl. The van der Waals surface area contributed by atoms with E-state index in [0.29, 0.717) is 10.7 Å². The Kier molecular flexibility index (Phi) is 3.89. The molecule has 2 aromatic rings. The molecule has 0 aliphatic heterocycles. The number of halogens is 1. The molecule has 0 bridgehead atoms. The number of aryl methyl sites for hydroxylation is 1. The number of aromatic nitrogens is 2. The minimum Gasteiger partial charge on any atom is -0.323 e. The van der Waals surface area contributed by atoms with Crippen molar-refractivity contribution in [2.75, 3.05) is 5.32 Å². The van der Waals surface area contributed by atoms with Crippen molar-refractivity contribution in [2.45, 2.75) is 13.3 Å². The fourth-order valence-electron chi connectivity index (χ4n) is 1.52. The summed E-state index contributed by atoms with van der Waals surface area (Å²) in [5.41, 5.74) is 2.26. The van der Waals surface area contributed by atoms with Crippen molar-refractivity contribution >= 4 is 23.2 Å². The molecule has 1 N–H and O–H groups in total. The summed E-state index contributed by atoms with van der Waals surface area (Å²) in [7, 11) is 0. The van der Waals surface area contributed by atoms with Gasteiger partial charge in [-0.1, -0.05) is 17.7 Å². The Morgan fingerprint density at radius 3 is 2.94 bits per heavy atom. The number of hydrogen-bond acceptors (Lipinski definition) is 3. The van der Waals surface area contributed by atoms with E-state index in [1.54, 1.807) is 18.5 Å². The minimum absolute atomic E-state index is 0.160. The molecule has 0 atom stereocenters. The topological polar surface area (TPSA) is 54.9 Å². The Labute approximate surface area is 110 Å². The highest BCUT2D eigenvalue weighted by atomic mass is 35.5. The van der Waals surface area contributed by atoms with Crippen molar-refractivity contribution in [3.63, 3.8) is 0 Å². The lowest BCUT2D eigenvalue weighted by Crippen LogP contribution is -2.16. The summed E-state index contributed by atoms with van der Waals surface area (Å²) in [4.78, 5) is 19.9. The summed E-state index contributed by atoms with van der Waals surface area (Å²) in [6.45, 7) is 1.92. The van der Waals surface area contributed by atoms with Gasteiger partial charge >= 0.3 is 0 Å². The van der Waals surface area contributed by atoms with E-state index in [1.807, 2.05) is 19.1 Å². The molecule has 0 saturated carbocycles. The van der Waals surface area contributed by atoms with Gasteiger partial charge in [0, 0.05) is 12.4 Å². The highest BCUT2D eigenvalue weighted by Crippen LogP contribution is 2.19. The van der Waals surface area contributed by atoms with Gasteiger partial charge in [-0.05, 0) is 24.6 Å². The number of carbonyl (C=O) groups excluding carboxylic acids is 1. The lowest BCUT2D eigenvalue weighted by molar-refractivity contribution is -0.115. The summed E-state index contributed by atoms with van der Waals surface area (Å²) >= 11 is 5.93. The van der Waals surface area contributed by atoms with Crippen molar-refractivity contribution in [1.82, 2.24) is 9.97 Å². The van der Waals surface area contributed by atoms with E-state index in [1.165, 1.54) is 6.20 Å². The number of hydrogen-bond donors (Lipinski definition) is 1. The van der Waals surface area contributed by atoms with Crippen LogP contribution in [0.15, 0.2) is 36.8 Å². The Morgan fingerprint density at radius 1 is 1.39 bits per heavy atom. The Balaban J connectivity index is 2.06. The summed E-state index contributed by atoms with van der Waals surface area (Å²) < 4.78 is 0. The van der Waals surface area contributed by atoms with E-state index >= 15 is 0 Å². The number of rotatable bonds is 3. The number of carbonyl (C=O) groups is 1. The quantitative estimate of drug-likeness (QED) is 0.924. The molecule has 0 aliphatic carbocycles. The average Bonchev–Trinajstić information content (AvgIpc) is 2.35. The molecule has 2 rings (SSSR count). The molecule has 1 amide bonds. The van der Waals surface area contributed by atoms with Gasteiger partial charge in [-0.25, -0.2) is 0 Å². The molecule has 4 nitrogen and oxygen atoms in total. The summed E-state index contributed by atoms with van der Waals surface area (Å²) in [5.74, 6) is -0.160. The molecule has 2 heterocycles. The van der Waals surface area contributed by atoms with Crippen molar-refractivity contribution in [2.24, 2.45) is 0 Å². The molecule has 2 aromatic heterocycles. The molecule has 18 heavy (non-hydrogen) atoms. The number of nitrogens with one attached hydrogen (secondary N) is 1. The first-order valence-electron chi connectivity index (χ1n) is 5.46. The van der Waals surface area contributed by atoms with Gasteiger partial charge in [-0.3, -0.25) is 14.8 Å². The first-order chi connectivity index (χ1) is 8.66. The second-order valence-corrected chi connectivity index (χ2v) is 4.25. The van der Waals surface area contributed by atoms with Crippen molar-refractivity contribution in [3.8, 4) is 0 Å². The first kappa shape index (κ1) is 12.5. The Morgan fingerprint density at radius 2 is 2.22 bits per heavy atom. The molecule has 0 fully saturated rings. The zero-order valence-corrected chi connectivity index (χ0v) is 10.6. The van der Waals surface area contributed by atoms with Gasteiger partial charge in [0.05, 0.1) is 29.0 Å². The minimum atomic E-state index is -0.160. The third-order valence-corrected chi connectivity index (χ3v) is 2.82. The third-order valence-electron chi connectivity index (χ3n) is 2.49. The molecule has 0 radical (unpaired) electrons. The molecule has 0 aromatic carbocycles. The molecule has 5 heteroatoms.